The molecule has 0 saturated heterocycles. The Labute approximate surface area is 123 Å². The normalized spacial score (nSPS) is 12.5. The molecule has 0 bridgehead atoms. The van der Waals surface area contributed by atoms with Gasteiger partial charge < -0.3 is 0 Å². The topological polar surface area (TPSA) is 0 Å². The lowest BCUT2D eigenvalue weighted by Crippen LogP contribution is -1.92. The number of hydrogen-bond donors (Lipinski definition) is 0. The van der Waals surface area contributed by atoms with Crippen LogP contribution in [0.1, 0.15) is 21.5 Å². The van der Waals surface area contributed by atoms with E-state index in [1.807, 2.05) is 18.2 Å². The maximum Gasteiger partial charge on any atom is 0.0645 e. The SMILES string of the molecule is Cc1ccc(C(Br)c2ccc(Cl)c(Br)c2)cc1. The second-order valence-electron chi connectivity index (χ2n) is 3.95. The molecule has 0 heterocycles. The highest BCUT2D eigenvalue weighted by Gasteiger charge is 2.11. The lowest BCUT2D eigenvalue weighted by molar-refractivity contribution is 1.17. The van der Waals surface area contributed by atoms with Crippen molar-refractivity contribution in [1.82, 2.24) is 0 Å². The molecule has 0 aliphatic carbocycles. The Morgan fingerprint density at radius 2 is 1.59 bits per heavy atom. The van der Waals surface area contributed by atoms with Gasteiger partial charge >= 0.3 is 0 Å². The summed E-state index contributed by atoms with van der Waals surface area (Å²) in [5.74, 6) is 0. The fourth-order valence-electron chi connectivity index (χ4n) is 1.60. The monoisotopic (exact) mass is 372 g/mol. The summed E-state index contributed by atoms with van der Waals surface area (Å²) in [5, 5.41) is 0.734. The number of benzene rings is 2. The van der Waals surface area contributed by atoms with E-state index in [1.54, 1.807) is 0 Å². The summed E-state index contributed by atoms with van der Waals surface area (Å²) in [6.45, 7) is 2.09. The first-order valence-electron chi connectivity index (χ1n) is 5.23. The van der Waals surface area contributed by atoms with Crippen molar-refractivity contribution in [3.63, 3.8) is 0 Å². The smallest absolute Gasteiger partial charge is 0.0645 e. The van der Waals surface area contributed by atoms with Crippen molar-refractivity contribution < 1.29 is 0 Å². The molecule has 0 nitrogen and oxygen atoms in total. The van der Waals surface area contributed by atoms with Crippen molar-refractivity contribution in [1.29, 1.82) is 0 Å². The van der Waals surface area contributed by atoms with Crippen LogP contribution in [-0.2, 0) is 0 Å². The fourth-order valence-corrected chi connectivity index (χ4v) is 2.70. The van der Waals surface area contributed by atoms with E-state index in [-0.39, 0.29) is 4.83 Å². The first-order valence-corrected chi connectivity index (χ1v) is 7.32. The van der Waals surface area contributed by atoms with Crippen LogP contribution in [0.3, 0.4) is 0 Å². The van der Waals surface area contributed by atoms with E-state index in [4.69, 9.17) is 11.6 Å². The summed E-state index contributed by atoms with van der Waals surface area (Å²) < 4.78 is 0.924. The van der Waals surface area contributed by atoms with Crippen LogP contribution in [0.2, 0.25) is 5.02 Å². The Morgan fingerprint density at radius 1 is 1.00 bits per heavy atom. The summed E-state index contributed by atoms with van der Waals surface area (Å²) >= 11 is 13.1. The van der Waals surface area contributed by atoms with E-state index in [9.17, 15) is 0 Å². The van der Waals surface area contributed by atoms with Gasteiger partial charge in [-0.3, -0.25) is 0 Å². The standard InChI is InChI=1S/C14H11Br2Cl/c1-9-2-4-10(5-3-9)14(16)11-6-7-13(17)12(15)8-11/h2-8,14H,1H3. The zero-order chi connectivity index (χ0) is 12.4. The van der Waals surface area contributed by atoms with Crippen molar-refractivity contribution in [3.8, 4) is 0 Å². The van der Waals surface area contributed by atoms with Crippen LogP contribution >= 0.6 is 43.5 Å². The van der Waals surface area contributed by atoms with E-state index in [1.165, 1.54) is 16.7 Å². The van der Waals surface area contributed by atoms with Gasteiger partial charge in [-0.05, 0) is 46.1 Å². The largest absolute Gasteiger partial charge is 0.0831 e. The number of alkyl halides is 1. The average molecular weight is 375 g/mol. The molecule has 0 saturated carbocycles. The van der Waals surface area contributed by atoms with Crippen LogP contribution in [0.4, 0.5) is 0 Å². The number of rotatable bonds is 2. The van der Waals surface area contributed by atoms with Gasteiger partial charge in [0.05, 0.1) is 9.85 Å². The van der Waals surface area contributed by atoms with Crippen LogP contribution in [0, 0.1) is 6.92 Å². The molecule has 2 aromatic rings. The Hall–Kier alpha value is -0.310. The van der Waals surface area contributed by atoms with Crippen LogP contribution in [0.5, 0.6) is 0 Å². The van der Waals surface area contributed by atoms with Crippen LogP contribution in [0.15, 0.2) is 46.9 Å². The first-order chi connectivity index (χ1) is 8.08. The van der Waals surface area contributed by atoms with E-state index < -0.39 is 0 Å². The molecule has 17 heavy (non-hydrogen) atoms. The van der Waals surface area contributed by atoms with E-state index in [0.29, 0.717) is 0 Å². The Bertz CT molecular complexity index is 520. The lowest BCUT2D eigenvalue weighted by Gasteiger charge is -2.12. The van der Waals surface area contributed by atoms with Gasteiger partial charge in [-0.15, -0.1) is 0 Å². The third kappa shape index (κ3) is 3.12. The second-order valence-corrected chi connectivity index (χ2v) is 6.12. The number of hydrogen-bond acceptors (Lipinski definition) is 0. The lowest BCUT2D eigenvalue weighted by atomic mass is 10.0. The highest BCUT2D eigenvalue weighted by molar-refractivity contribution is 9.10. The minimum Gasteiger partial charge on any atom is -0.0831 e. The Morgan fingerprint density at radius 3 is 2.18 bits per heavy atom. The molecule has 0 N–H and O–H groups in total. The minimum absolute atomic E-state index is 0.191. The van der Waals surface area contributed by atoms with Crippen molar-refractivity contribution in [2.45, 2.75) is 11.8 Å². The van der Waals surface area contributed by atoms with E-state index in [0.717, 1.165) is 9.50 Å². The maximum atomic E-state index is 5.99. The molecule has 0 amide bonds. The van der Waals surface area contributed by atoms with Gasteiger partial charge in [0.25, 0.3) is 0 Å². The van der Waals surface area contributed by atoms with Gasteiger partial charge in [0.1, 0.15) is 0 Å². The van der Waals surface area contributed by atoms with Crippen LogP contribution in [0.25, 0.3) is 0 Å². The van der Waals surface area contributed by atoms with Crippen molar-refractivity contribution in [3.05, 3.63) is 68.7 Å². The summed E-state index contributed by atoms with van der Waals surface area (Å²) in [4.78, 5) is 0.191. The molecule has 0 fully saturated rings. The summed E-state index contributed by atoms with van der Waals surface area (Å²) in [6.07, 6.45) is 0. The molecule has 3 heteroatoms. The molecule has 1 atom stereocenters. The molecule has 2 aromatic carbocycles. The van der Waals surface area contributed by atoms with Crippen molar-refractivity contribution in [2.24, 2.45) is 0 Å². The van der Waals surface area contributed by atoms with E-state index in [2.05, 4.69) is 63.0 Å². The molecule has 0 aliphatic heterocycles. The number of halogens is 3. The Kier molecular flexibility index (Phi) is 4.29. The predicted molar refractivity (Wildman–Crippen MR) is 81.1 cm³/mol. The third-order valence-corrected chi connectivity index (χ3v) is 4.88. The second kappa shape index (κ2) is 5.55. The van der Waals surface area contributed by atoms with Gasteiger partial charge in [0, 0.05) is 4.47 Å². The predicted octanol–water partition coefficient (Wildman–Crippen LogP) is 5.90. The number of aryl methyl sites for hydroxylation is 1. The van der Waals surface area contributed by atoms with Gasteiger partial charge in [-0.2, -0.15) is 0 Å². The highest BCUT2D eigenvalue weighted by Crippen LogP contribution is 2.34. The summed E-state index contributed by atoms with van der Waals surface area (Å²) in [7, 11) is 0. The van der Waals surface area contributed by atoms with Gasteiger partial charge in [0.2, 0.25) is 0 Å². The molecule has 2 rings (SSSR count). The van der Waals surface area contributed by atoms with Gasteiger partial charge in [-0.1, -0.05) is 63.4 Å². The summed E-state index contributed by atoms with van der Waals surface area (Å²) in [5.41, 5.74) is 3.70. The highest BCUT2D eigenvalue weighted by atomic mass is 79.9. The molecular weight excluding hydrogens is 363 g/mol. The third-order valence-electron chi connectivity index (χ3n) is 2.61. The van der Waals surface area contributed by atoms with Gasteiger partial charge in [0.15, 0.2) is 0 Å². The molecule has 0 spiro atoms. The molecule has 0 aromatic heterocycles. The quantitative estimate of drug-likeness (QED) is 0.575. The van der Waals surface area contributed by atoms with Crippen molar-refractivity contribution in [2.75, 3.05) is 0 Å². The Balaban J connectivity index is 2.33. The van der Waals surface area contributed by atoms with Crippen LogP contribution < -0.4 is 0 Å². The molecule has 0 radical (unpaired) electrons. The first kappa shape index (κ1) is 13.1. The minimum atomic E-state index is 0.191. The maximum absolute atomic E-state index is 5.99. The van der Waals surface area contributed by atoms with Crippen LogP contribution in [-0.4, -0.2) is 0 Å². The molecule has 0 aliphatic rings. The van der Waals surface area contributed by atoms with E-state index >= 15 is 0 Å². The molecule has 1 unspecified atom stereocenters. The van der Waals surface area contributed by atoms with Gasteiger partial charge in [-0.25, -0.2) is 0 Å². The molecular formula is C14H11Br2Cl. The average Bonchev–Trinajstić information content (AvgIpc) is 2.33. The summed E-state index contributed by atoms with van der Waals surface area (Å²) in [6, 6.07) is 14.5. The zero-order valence-corrected chi connectivity index (χ0v) is 13.2. The molecule has 88 valence electrons. The fraction of sp³-hybridized carbons (Fsp3) is 0.143. The van der Waals surface area contributed by atoms with Crippen molar-refractivity contribution >= 4 is 43.5 Å². The zero-order valence-electron chi connectivity index (χ0n) is 9.25.